The molecule has 0 aliphatic rings. The van der Waals surface area contributed by atoms with Crippen LogP contribution in [0.4, 0.5) is 11.4 Å². The first-order valence-corrected chi connectivity index (χ1v) is 8.02. The SMILES string of the molecule is CCOc1ccc(S(=O)(=O)Nc2ccc(N)cc2C)cc1. The summed E-state index contributed by atoms with van der Waals surface area (Å²) in [6.07, 6.45) is 0. The fraction of sp³-hybridized carbons (Fsp3) is 0.200. The number of nitrogen functional groups attached to an aromatic ring is 1. The molecule has 0 aromatic heterocycles. The minimum atomic E-state index is -3.63. The highest BCUT2D eigenvalue weighted by Gasteiger charge is 2.15. The fourth-order valence-corrected chi connectivity index (χ4v) is 3.02. The van der Waals surface area contributed by atoms with Crippen LogP contribution in [0.5, 0.6) is 5.75 Å². The van der Waals surface area contributed by atoms with Crippen LogP contribution in [0, 0.1) is 6.92 Å². The molecule has 6 heteroatoms. The van der Waals surface area contributed by atoms with Gasteiger partial charge in [-0.3, -0.25) is 4.72 Å². The molecule has 0 aliphatic carbocycles. The van der Waals surface area contributed by atoms with Crippen LogP contribution in [0.25, 0.3) is 0 Å². The van der Waals surface area contributed by atoms with E-state index in [9.17, 15) is 8.42 Å². The van der Waals surface area contributed by atoms with Crippen LogP contribution in [-0.4, -0.2) is 15.0 Å². The second kappa shape index (κ2) is 6.05. The Bertz CT molecular complexity index is 725. The highest BCUT2D eigenvalue weighted by molar-refractivity contribution is 7.92. The van der Waals surface area contributed by atoms with Crippen LogP contribution in [-0.2, 0) is 10.0 Å². The monoisotopic (exact) mass is 306 g/mol. The van der Waals surface area contributed by atoms with Crippen molar-refractivity contribution in [3.63, 3.8) is 0 Å². The van der Waals surface area contributed by atoms with E-state index in [1.807, 2.05) is 6.92 Å². The van der Waals surface area contributed by atoms with Gasteiger partial charge in [0.2, 0.25) is 0 Å². The number of hydrogen-bond donors (Lipinski definition) is 2. The Kier molecular flexibility index (Phi) is 4.37. The maximum absolute atomic E-state index is 12.3. The van der Waals surface area contributed by atoms with Gasteiger partial charge in [-0.2, -0.15) is 0 Å². The van der Waals surface area contributed by atoms with E-state index in [0.29, 0.717) is 23.7 Å². The average molecular weight is 306 g/mol. The third-order valence-electron chi connectivity index (χ3n) is 2.94. The lowest BCUT2D eigenvalue weighted by Crippen LogP contribution is -2.13. The van der Waals surface area contributed by atoms with Crippen molar-refractivity contribution in [1.29, 1.82) is 0 Å². The maximum Gasteiger partial charge on any atom is 0.261 e. The van der Waals surface area contributed by atoms with Crippen LogP contribution in [0.15, 0.2) is 47.4 Å². The standard InChI is InChI=1S/C15H18N2O3S/c1-3-20-13-5-7-14(8-6-13)21(18,19)17-15-9-4-12(16)10-11(15)2/h4-10,17H,3,16H2,1-2H3. The quantitative estimate of drug-likeness (QED) is 0.832. The van der Waals surface area contributed by atoms with Crippen LogP contribution >= 0.6 is 0 Å². The highest BCUT2D eigenvalue weighted by atomic mass is 32.2. The van der Waals surface area contributed by atoms with Gasteiger partial charge in [-0.1, -0.05) is 0 Å². The molecular formula is C15H18N2O3S. The van der Waals surface area contributed by atoms with E-state index in [0.717, 1.165) is 5.56 Å². The Labute approximate surface area is 124 Å². The molecule has 2 aromatic rings. The number of hydrogen-bond acceptors (Lipinski definition) is 4. The third kappa shape index (κ3) is 3.66. The van der Waals surface area contributed by atoms with Crippen LogP contribution in [0.2, 0.25) is 0 Å². The number of anilines is 2. The number of sulfonamides is 1. The van der Waals surface area contributed by atoms with Crippen molar-refractivity contribution in [2.75, 3.05) is 17.1 Å². The molecule has 5 nitrogen and oxygen atoms in total. The molecule has 21 heavy (non-hydrogen) atoms. The average Bonchev–Trinajstić information content (AvgIpc) is 2.43. The third-order valence-corrected chi connectivity index (χ3v) is 4.32. The largest absolute Gasteiger partial charge is 0.494 e. The number of benzene rings is 2. The van der Waals surface area contributed by atoms with Gasteiger partial charge >= 0.3 is 0 Å². The van der Waals surface area contributed by atoms with Gasteiger partial charge in [0, 0.05) is 5.69 Å². The zero-order valence-electron chi connectivity index (χ0n) is 12.0. The molecule has 0 bridgehead atoms. The van der Waals surface area contributed by atoms with Crippen molar-refractivity contribution >= 4 is 21.4 Å². The van der Waals surface area contributed by atoms with Crippen LogP contribution < -0.4 is 15.2 Å². The van der Waals surface area contributed by atoms with Crippen LogP contribution in [0.3, 0.4) is 0 Å². The van der Waals surface area contributed by atoms with Crippen molar-refractivity contribution in [3.05, 3.63) is 48.0 Å². The van der Waals surface area contributed by atoms with Gasteiger partial charge < -0.3 is 10.5 Å². The molecule has 112 valence electrons. The predicted octanol–water partition coefficient (Wildman–Crippen LogP) is 2.78. The lowest BCUT2D eigenvalue weighted by Gasteiger charge is -2.11. The number of nitrogens with one attached hydrogen (secondary N) is 1. The first-order valence-electron chi connectivity index (χ1n) is 6.54. The van der Waals surface area contributed by atoms with Crippen molar-refractivity contribution in [1.82, 2.24) is 0 Å². The van der Waals surface area contributed by atoms with Crippen molar-refractivity contribution < 1.29 is 13.2 Å². The molecule has 2 aromatic carbocycles. The van der Waals surface area contributed by atoms with Crippen LogP contribution in [0.1, 0.15) is 12.5 Å². The summed E-state index contributed by atoms with van der Waals surface area (Å²) in [4.78, 5) is 0.183. The number of ether oxygens (including phenoxy) is 1. The summed E-state index contributed by atoms with van der Waals surface area (Å²) < 4.78 is 32.5. The Balaban J connectivity index is 2.25. The lowest BCUT2D eigenvalue weighted by molar-refractivity contribution is 0.340. The van der Waals surface area contributed by atoms with Gasteiger partial charge in [0.05, 0.1) is 17.2 Å². The molecule has 0 aliphatic heterocycles. The first-order chi connectivity index (χ1) is 9.92. The Hall–Kier alpha value is -2.21. The van der Waals surface area contributed by atoms with Gasteiger partial charge in [0.15, 0.2) is 0 Å². The Morgan fingerprint density at radius 1 is 1.14 bits per heavy atom. The fourth-order valence-electron chi connectivity index (χ4n) is 1.89. The molecular weight excluding hydrogens is 288 g/mol. The maximum atomic E-state index is 12.3. The predicted molar refractivity (Wildman–Crippen MR) is 84.0 cm³/mol. The summed E-state index contributed by atoms with van der Waals surface area (Å²) in [7, 11) is -3.63. The molecule has 0 fully saturated rings. The molecule has 0 radical (unpaired) electrons. The molecule has 2 rings (SSSR count). The number of aryl methyl sites for hydroxylation is 1. The summed E-state index contributed by atoms with van der Waals surface area (Å²) in [5, 5.41) is 0. The minimum Gasteiger partial charge on any atom is -0.494 e. The van der Waals surface area contributed by atoms with E-state index in [1.54, 1.807) is 37.3 Å². The summed E-state index contributed by atoms with van der Waals surface area (Å²) in [6, 6.07) is 11.3. The van der Waals surface area contributed by atoms with E-state index < -0.39 is 10.0 Å². The zero-order valence-corrected chi connectivity index (χ0v) is 12.8. The summed E-state index contributed by atoms with van der Waals surface area (Å²) >= 11 is 0. The van der Waals surface area contributed by atoms with Crippen molar-refractivity contribution in [3.8, 4) is 5.75 Å². The molecule has 0 heterocycles. The Morgan fingerprint density at radius 3 is 2.38 bits per heavy atom. The lowest BCUT2D eigenvalue weighted by atomic mass is 10.2. The normalized spacial score (nSPS) is 11.1. The molecule has 0 spiro atoms. The molecule has 0 unspecified atom stereocenters. The van der Waals surface area contributed by atoms with Gasteiger partial charge in [0.25, 0.3) is 10.0 Å². The minimum absolute atomic E-state index is 0.183. The molecule has 0 saturated carbocycles. The van der Waals surface area contributed by atoms with Gasteiger partial charge in [-0.15, -0.1) is 0 Å². The van der Waals surface area contributed by atoms with Gasteiger partial charge in [0.1, 0.15) is 5.75 Å². The van der Waals surface area contributed by atoms with E-state index in [1.165, 1.54) is 12.1 Å². The second-order valence-electron chi connectivity index (χ2n) is 4.58. The van der Waals surface area contributed by atoms with Crippen molar-refractivity contribution in [2.24, 2.45) is 0 Å². The molecule has 0 atom stereocenters. The highest BCUT2D eigenvalue weighted by Crippen LogP contribution is 2.23. The summed E-state index contributed by atoms with van der Waals surface area (Å²) in [5.74, 6) is 0.639. The van der Waals surface area contributed by atoms with Crippen molar-refractivity contribution in [2.45, 2.75) is 18.7 Å². The zero-order chi connectivity index (χ0) is 15.5. The Morgan fingerprint density at radius 2 is 1.81 bits per heavy atom. The number of rotatable bonds is 5. The van der Waals surface area contributed by atoms with E-state index in [2.05, 4.69) is 4.72 Å². The van der Waals surface area contributed by atoms with Gasteiger partial charge in [-0.05, 0) is 61.9 Å². The first kappa shape index (κ1) is 15.2. The second-order valence-corrected chi connectivity index (χ2v) is 6.27. The molecule has 0 amide bonds. The smallest absolute Gasteiger partial charge is 0.261 e. The van der Waals surface area contributed by atoms with E-state index >= 15 is 0 Å². The van der Waals surface area contributed by atoms with E-state index in [-0.39, 0.29) is 4.90 Å². The summed E-state index contributed by atoms with van der Waals surface area (Å²) in [5.41, 5.74) is 7.53. The number of nitrogens with two attached hydrogens (primary N) is 1. The topological polar surface area (TPSA) is 81.4 Å². The molecule has 3 N–H and O–H groups in total. The molecule has 0 saturated heterocycles. The summed E-state index contributed by atoms with van der Waals surface area (Å²) in [6.45, 7) is 4.21. The van der Waals surface area contributed by atoms with Gasteiger partial charge in [-0.25, -0.2) is 8.42 Å². The van der Waals surface area contributed by atoms with E-state index in [4.69, 9.17) is 10.5 Å².